The van der Waals surface area contributed by atoms with Gasteiger partial charge in [-0.25, -0.2) is 0 Å². The Morgan fingerprint density at radius 3 is 2.43 bits per heavy atom. The third kappa shape index (κ3) is 5.33. The van der Waals surface area contributed by atoms with E-state index in [1.165, 1.54) is 9.80 Å². The molecule has 21 heavy (non-hydrogen) atoms. The molecule has 1 aromatic carbocycles. The highest BCUT2D eigenvalue weighted by molar-refractivity contribution is 5.85. The van der Waals surface area contributed by atoms with Crippen molar-refractivity contribution in [2.45, 2.75) is 13.3 Å². The zero-order chi connectivity index (χ0) is 15.8. The first kappa shape index (κ1) is 16.8. The van der Waals surface area contributed by atoms with Crippen molar-refractivity contribution in [3.05, 3.63) is 24.3 Å². The number of para-hydroxylation sites is 2. The molecule has 0 bridgehead atoms. The minimum atomic E-state index is -0.227. The number of hydrogen-bond donors (Lipinski definition) is 1. The molecular formula is C15H23N3O3. The average molecular weight is 293 g/mol. The average Bonchev–Trinajstić information content (AvgIpc) is 2.45. The molecule has 0 fully saturated rings. The number of carbonyl (C=O) groups is 2. The Kier molecular flexibility index (Phi) is 6.52. The standard InChI is InChI=1S/C15H23N3O3/c1-4-9-18(10-14(19)17(2)3)15(20)11-21-13-8-6-5-7-12(13)16/h5-8H,4,9-11,16H2,1-3H3. The van der Waals surface area contributed by atoms with Crippen LogP contribution < -0.4 is 10.5 Å². The van der Waals surface area contributed by atoms with Gasteiger partial charge in [-0.3, -0.25) is 9.59 Å². The Labute approximate surface area is 125 Å². The van der Waals surface area contributed by atoms with Gasteiger partial charge in [-0.1, -0.05) is 19.1 Å². The van der Waals surface area contributed by atoms with Crippen LogP contribution in [0, 0.1) is 0 Å². The quantitative estimate of drug-likeness (QED) is 0.760. The Bertz CT molecular complexity index is 489. The number of carbonyl (C=O) groups excluding carboxylic acids is 2. The van der Waals surface area contributed by atoms with Crippen molar-refractivity contribution in [3.8, 4) is 5.75 Å². The van der Waals surface area contributed by atoms with E-state index in [-0.39, 0.29) is 25.0 Å². The Morgan fingerprint density at radius 1 is 1.19 bits per heavy atom. The highest BCUT2D eigenvalue weighted by atomic mass is 16.5. The van der Waals surface area contributed by atoms with Crippen molar-refractivity contribution in [3.63, 3.8) is 0 Å². The van der Waals surface area contributed by atoms with Gasteiger partial charge in [-0.15, -0.1) is 0 Å². The van der Waals surface area contributed by atoms with Crippen molar-refractivity contribution < 1.29 is 14.3 Å². The Morgan fingerprint density at radius 2 is 1.86 bits per heavy atom. The first-order chi connectivity index (χ1) is 9.95. The summed E-state index contributed by atoms with van der Waals surface area (Å²) in [5.74, 6) is 0.132. The van der Waals surface area contributed by atoms with Crippen molar-refractivity contribution in [2.24, 2.45) is 0 Å². The summed E-state index contributed by atoms with van der Waals surface area (Å²) < 4.78 is 5.43. The van der Waals surface area contributed by atoms with Crippen LogP contribution in [0.2, 0.25) is 0 Å². The van der Waals surface area contributed by atoms with Crippen LogP contribution in [0.3, 0.4) is 0 Å². The van der Waals surface area contributed by atoms with Crippen LogP contribution in [-0.4, -0.2) is 55.4 Å². The zero-order valence-electron chi connectivity index (χ0n) is 12.8. The number of likely N-dealkylation sites (N-methyl/N-ethyl adjacent to an activating group) is 1. The van der Waals surface area contributed by atoms with Gasteiger partial charge in [0.15, 0.2) is 6.61 Å². The molecule has 6 nitrogen and oxygen atoms in total. The first-order valence-electron chi connectivity index (χ1n) is 6.91. The van der Waals surface area contributed by atoms with E-state index >= 15 is 0 Å². The van der Waals surface area contributed by atoms with Gasteiger partial charge in [-0.2, -0.15) is 0 Å². The summed E-state index contributed by atoms with van der Waals surface area (Å²) in [6.45, 7) is 2.41. The van der Waals surface area contributed by atoms with Gasteiger partial charge in [0.25, 0.3) is 5.91 Å². The molecule has 0 atom stereocenters. The van der Waals surface area contributed by atoms with Crippen LogP contribution >= 0.6 is 0 Å². The van der Waals surface area contributed by atoms with Crippen LogP contribution in [0.15, 0.2) is 24.3 Å². The molecule has 0 spiro atoms. The predicted molar refractivity (Wildman–Crippen MR) is 81.9 cm³/mol. The van der Waals surface area contributed by atoms with Gasteiger partial charge in [-0.05, 0) is 18.6 Å². The molecule has 0 radical (unpaired) electrons. The van der Waals surface area contributed by atoms with Gasteiger partial charge >= 0.3 is 0 Å². The molecular weight excluding hydrogens is 270 g/mol. The number of nitrogens with two attached hydrogens (primary N) is 1. The Balaban J connectivity index is 2.61. The molecule has 0 aliphatic heterocycles. The van der Waals surface area contributed by atoms with E-state index in [1.54, 1.807) is 38.4 Å². The maximum Gasteiger partial charge on any atom is 0.260 e. The second kappa shape index (κ2) is 8.14. The molecule has 0 unspecified atom stereocenters. The fraction of sp³-hybridized carbons (Fsp3) is 0.467. The smallest absolute Gasteiger partial charge is 0.260 e. The van der Waals surface area contributed by atoms with Crippen molar-refractivity contribution in [1.29, 1.82) is 0 Å². The monoisotopic (exact) mass is 293 g/mol. The fourth-order valence-electron chi connectivity index (χ4n) is 1.71. The second-order valence-electron chi connectivity index (χ2n) is 4.93. The highest BCUT2D eigenvalue weighted by Gasteiger charge is 2.18. The molecule has 0 aliphatic carbocycles. The molecule has 6 heteroatoms. The van der Waals surface area contributed by atoms with Gasteiger partial charge in [0.2, 0.25) is 5.91 Å². The molecule has 0 heterocycles. The first-order valence-corrected chi connectivity index (χ1v) is 6.91. The van der Waals surface area contributed by atoms with E-state index in [1.807, 2.05) is 6.92 Å². The molecule has 0 aliphatic rings. The number of amides is 2. The van der Waals surface area contributed by atoms with E-state index in [0.717, 1.165) is 6.42 Å². The summed E-state index contributed by atoms with van der Waals surface area (Å²) in [5.41, 5.74) is 6.23. The molecule has 116 valence electrons. The van der Waals surface area contributed by atoms with Crippen LogP contribution in [0.1, 0.15) is 13.3 Å². The van der Waals surface area contributed by atoms with Gasteiger partial charge in [0, 0.05) is 20.6 Å². The molecule has 0 aromatic heterocycles. The molecule has 0 saturated heterocycles. The highest BCUT2D eigenvalue weighted by Crippen LogP contribution is 2.19. The third-order valence-electron chi connectivity index (χ3n) is 2.94. The lowest BCUT2D eigenvalue weighted by Gasteiger charge is -2.23. The molecule has 1 rings (SSSR count). The molecule has 2 amide bonds. The lowest BCUT2D eigenvalue weighted by Crippen LogP contribution is -2.42. The minimum Gasteiger partial charge on any atom is -0.482 e. The summed E-state index contributed by atoms with van der Waals surface area (Å²) in [5, 5.41) is 0. The topological polar surface area (TPSA) is 75.9 Å². The van der Waals surface area contributed by atoms with Crippen LogP contribution in [0.25, 0.3) is 0 Å². The van der Waals surface area contributed by atoms with Crippen LogP contribution in [-0.2, 0) is 9.59 Å². The third-order valence-corrected chi connectivity index (χ3v) is 2.94. The minimum absolute atomic E-state index is 0.0628. The van der Waals surface area contributed by atoms with E-state index in [9.17, 15) is 9.59 Å². The number of anilines is 1. The number of ether oxygens (including phenoxy) is 1. The van der Waals surface area contributed by atoms with Gasteiger partial charge in [0.05, 0.1) is 12.2 Å². The van der Waals surface area contributed by atoms with Gasteiger partial charge < -0.3 is 20.3 Å². The SMILES string of the molecule is CCCN(CC(=O)N(C)C)C(=O)COc1ccccc1N. The largest absolute Gasteiger partial charge is 0.482 e. The number of nitrogen functional groups attached to an aromatic ring is 1. The lowest BCUT2D eigenvalue weighted by atomic mass is 10.3. The van der Waals surface area contributed by atoms with Crippen molar-refractivity contribution >= 4 is 17.5 Å². The Hall–Kier alpha value is -2.24. The zero-order valence-corrected chi connectivity index (χ0v) is 12.8. The van der Waals surface area contributed by atoms with Gasteiger partial charge in [0.1, 0.15) is 5.75 Å². The number of nitrogens with zero attached hydrogens (tertiary/aromatic N) is 2. The van der Waals surface area contributed by atoms with E-state index in [4.69, 9.17) is 10.5 Å². The van der Waals surface area contributed by atoms with E-state index in [0.29, 0.717) is 18.0 Å². The predicted octanol–water partition coefficient (Wildman–Crippen LogP) is 0.974. The second-order valence-corrected chi connectivity index (χ2v) is 4.93. The van der Waals surface area contributed by atoms with Crippen molar-refractivity contribution in [1.82, 2.24) is 9.80 Å². The summed E-state index contributed by atoms with van der Waals surface area (Å²) in [7, 11) is 3.33. The fourth-order valence-corrected chi connectivity index (χ4v) is 1.71. The maximum absolute atomic E-state index is 12.2. The van der Waals surface area contributed by atoms with Crippen LogP contribution in [0.4, 0.5) is 5.69 Å². The molecule has 1 aromatic rings. The molecule has 2 N–H and O–H groups in total. The normalized spacial score (nSPS) is 10.0. The summed E-state index contributed by atoms with van der Waals surface area (Å²) in [6, 6.07) is 7.00. The van der Waals surface area contributed by atoms with Crippen LogP contribution in [0.5, 0.6) is 5.75 Å². The van der Waals surface area contributed by atoms with E-state index < -0.39 is 0 Å². The number of hydrogen-bond acceptors (Lipinski definition) is 4. The number of rotatable bonds is 7. The lowest BCUT2D eigenvalue weighted by molar-refractivity contribution is -0.140. The maximum atomic E-state index is 12.2. The summed E-state index contributed by atoms with van der Waals surface area (Å²) in [6.07, 6.45) is 0.778. The molecule has 0 saturated carbocycles. The summed E-state index contributed by atoms with van der Waals surface area (Å²) in [4.78, 5) is 26.9. The van der Waals surface area contributed by atoms with E-state index in [2.05, 4.69) is 0 Å². The van der Waals surface area contributed by atoms with Crippen molar-refractivity contribution in [2.75, 3.05) is 39.5 Å². The number of benzene rings is 1. The summed E-state index contributed by atoms with van der Waals surface area (Å²) >= 11 is 0.